The van der Waals surface area contributed by atoms with Gasteiger partial charge in [0.1, 0.15) is 11.6 Å². The first-order chi connectivity index (χ1) is 38.4. The van der Waals surface area contributed by atoms with Gasteiger partial charge < -0.3 is 4.57 Å². The summed E-state index contributed by atoms with van der Waals surface area (Å²) >= 11 is 1.64. The first kappa shape index (κ1) is 23.2. The summed E-state index contributed by atoms with van der Waals surface area (Å²) in [5, 5.41) is 2.89. The van der Waals surface area contributed by atoms with E-state index in [4.69, 9.17) is 20.9 Å². The van der Waals surface area contributed by atoms with Crippen molar-refractivity contribution in [2.45, 2.75) is 0 Å². The summed E-state index contributed by atoms with van der Waals surface area (Å²) in [6.45, 7) is 0. The Morgan fingerprint density at radius 1 is 0.375 bits per heavy atom. The van der Waals surface area contributed by atoms with Crippen LogP contribution >= 0.6 is 11.3 Å². The minimum atomic E-state index is -0.680. The molecule has 6 heteroatoms. The Morgan fingerprint density at radius 3 is 1.42 bits per heavy atom. The fourth-order valence-electron chi connectivity index (χ4n) is 9.34. The molecular formula is C58H35N5S. The van der Waals surface area contributed by atoms with Gasteiger partial charge in [-0.2, -0.15) is 0 Å². The molecule has 64 heavy (non-hydrogen) atoms. The molecule has 0 saturated carbocycles. The zero-order chi connectivity index (χ0) is 55.8. The standard InChI is InChI=1S/C58H35N5S/c1-8-24-46-38(16-1)39-17-2-9-25-47(39)61(46)52-30-15-23-37(36-32-33-54-45(34-36)44-22-7-14-31-53(44)64-54)57(52)58-59-55(62-48-26-10-3-18-40(48)41-19-4-11-27-49(41)62)35-56(60-58)63-50-28-12-5-20-42(50)43-21-6-13-29-51(43)63/h1-35H/i3D,4D,5D,6D,10D,11D,12D,13D,18D,19D,20D,21D,26D,27D,28D,29D. The second-order valence-corrected chi connectivity index (χ2v) is 16.4. The highest BCUT2D eigenvalue weighted by Gasteiger charge is 2.25. The number of benzene rings is 9. The molecule has 0 radical (unpaired) electrons. The van der Waals surface area contributed by atoms with E-state index < -0.39 is 96.7 Å². The van der Waals surface area contributed by atoms with Crippen LogP contribution in [0, 0.1) is 0 Å². The smallest absolute Gasteiger partial charge is 0.166 e. The van der Waals surface area contributed by atoms with E-state index in [1.807, 2.05) is 91.0 Å². The molecule has 5 aromatic heterocycles. The summed E-state index contributed by atoms with van der Waals surface area (Å²) in [5.74, 6) is -0.577. The third-order valence-electron chi connectivity index (χ3n) is 12.0. The first-order valence-corrected chi connectivity index (χ1v) is 21.2. The maximum absolute atomic E-state index is 9.51. The highest BCUT2D eigenvalue weighted by molar-refractivity contribution is 7.25. The molecule has 0 amide bonds. The number of thiophene rings is 1. The summed E-state index contributed by atoms with van der Waals surface area (Å²) in [4.78, 5) is 10.7. The largest absolute Gasteiger partial charge is 0.308 e. The van der Waals surface area contributed by atoms with Crippen molar-refractivity contribution in [3.8, 4) is 39.8 Å². The zero-order valence-electron chi connectivity index (χ0n) is 49.1. The molecule has 5 nitrogen and oxygen atoms in total. The zero-order valence-corrected chi connectivity index (χ0v) is 33.9. The van der Waals surface area contributed by atoms with E-state index in [0.717, 1.165) is 47.5 Å². The Balaban J connectivity index is 1.24. The van der Waals surface area contributed by atoms with Gasteiger partial charge >= 0.3 is 0 Å². The second-order valence-electron chi connectivity index (χ2n) is 15.4. The molecule has 0 spiro atoms. The molecular weight excluding hydrogens is 799 g/mol. The van der Waals surface area contributed by atoms with E-state index in [1.165, 1.54) is 15.2 Å². The number of fused-ring (bicyclic) bond motifs is 12. The van der Waals surface area contributed by atoms with Crippen molar-refractivity contribution in [1.82, 2.24) is 23.7 Å². The van der Waals surface area contributed by atoms with Crippen molar-refractivity contribution < 1.29 is 21.9 Å². The lowest BCUT2D eigenvalue weighted by molar-refractivity contribution is 0.991. The van der Waals surface area contributed by atoms with E-state index in [9.17, 15) is 11.0 Å². The van der Waals surface area contributed by atoms with Gasteiger partial charge in [-0.1, -0.05) is 145 Å². The Kier molecular flexibility index (Phi) is 4.93. The molecule has 0 unspecified atom stereocenters. The van der Waals surface area contributed by atoms with Gasteiger partial charge in [0.2, 0.25) is 0 Å². The second kappa shape index (κ2) is 13.6. The summed E-state index contributed by atoms with van der Waals surface area (Å²) < 4.78 is 153. The molecule has 5 heterocycles. The van der Waals surface area contributed by atoms with E-state index >= 15 is 0 Å². The maximum Gasteiger partial charge on any atom is 0.166 e. The van der Waals surface area contributed by atoms with Crippen molar-refractivity contribution >= 4 is 96.9 Å². The van der Waals surface area contributed by atoms with Crippen molar-refractivity contribution in [2.24, 2.45) is 0 Å². The summed E-state index contributed by atoms with van der Waals surface area (Å²) in [6, 6.07) is 26.7. The number of hydrogen-bond donors (Lipinski definition) is 0. The molecule has 0 bridgehead atoms. The molecule has 0 saturated heterocycles. The summed E-state index contributed by atoms with van der Waals surface area (Å²) in [7, 11) is 0. The number of hydrogen-bond acceptors (Lipinski definition) is 3. The maximum atomic E-state index is 9.51. The quantitative estimate of drug-likeness (QED) is 0.173. The van der Waals surface area contributed by atoms with Crippen molar-refractivity contribution in [2.75, 3.05) is 0 Å². The molecule has 0 aliphatic rings. The van der Waals surface area contributed by atoms with Gasteiger partial charge in [-0.3, -0.25) is 9.13 Å². The van der Waals surface area contributed by atoms with E-state index in [2.05, 4.69) is 22.8 Å². The Hall–Kier alpha value is -8.32. The SMILES string of the molecule is [2H]c1c([2H])c([2H])c2c(c1[2H])c1c([2H])c([2H])c([2H])c([2H])c1n2-c1cc(-n2c3c([2H])c([2H])c([2H])c([2H])c3c3c([2H])c([2H])c([2H])c([2H])c32)nc(-c2c(-c3ccc4sc5ccccc5c4c3)cccc2-n2c3ccccc3c3ccccc32)n1. The Bertz CT molecular complexity index is 4790. The van der Waals surface area contributed by atoms with Gasteiger partial charge in [-0.25, -0.2) is 9.97 Å². The van der Waals surface area contributed by atoms with Crippen LogP contribution in [0.1, 0.15) is 21.9 Å². The van der Waals surface area contributed by atoms with Crippen LogP contribution in [0.25, 0.3) is 125 Å². The van der Waals surface area contributed by atoms with E-state index in [-0.39, 0.29) is 61.1 Å². The molecule has 14 rings (SSSR count). The van der Waals surface area contributed by atoms with Crippen LogP contribution in [-0.4, -0.2) is 23.7 Å². The number of aromatic nitrogens is 5. The molecule has 298 valence electrons. The summed E-state index contributed by atoms with van der Waals surface area (Å²) in [5.41, 5.74) is 2.71. The van der Waals surface area contributed by atoms with Crippen LogP contribution in [0.5, 0.6) is 0 Å². The van der Waals surface area contributed by atoms with Crippen LogP contribution < -0.4 is 0 Å². The van der Waals surface area contributed by atoms with Crippen molar-refractivity contribution in [3.63, 3.8) is 0 Å². The molecule has 9 aromatic carbocycles. The first-order valence-electron chi connectivity index (χ1n) is 28.4. The lowest BCUT2D eigenvalue weighted by Crippen LogP contribution is -2.08. The monoisotopic (exact) mass is 849 g/mol. The minimum absolute atomic E-state index is 0.103. The van der Waals surface area contributed by atoms with Gasteiger partial charge in [-0.15, -0.1) is 11.3 Å². The average molecular weight is 850 g/mol. The van der Waals surface area contributed by atoms with Gasteiger partial charge in [0.05, 0.1) is 66.3 Å². The predicted octanol–water partition coefficient (Wildman–Crippen LogP) is 15.5. The van der Waals surface area contributed by atoms with Crippen molar-refractivity contribution in [3.05, 3.63) is 212 Å². The highest BCUT2D eigenvalue weighted by atomic mass is 32.1. The predicted molar refractivity (Wildman–Crippen MR) is 269 cm³/mol. The van der Waals surface area contributed by atoms with Crippen molar-refractivity contribution in [1.29, 1.82) is 0 Å². The van der Waals surface area contributed by atoms with Crippen LogP contribution in [0.4, 0.5) is 0 Å². The van der Waals surface area contributed by atoms with Gasteiger partial charge in [-0.05, 0) is 71.7 Å². The number of rotatable bonds is 5. The topological polar surface area (TPSA) is 40.6 Å². The fraction of sp³-hybridized carbons (Fsp3) is 0. The third kappa shape index (κ3) is 5.05. The Morgan fingerprint density at radius 2 is 0.859 bits per heavy atom. The number of nitrogens with zero attached hydrogens (tertiary/aromatic N) is 5. The highest BCUT2D eigenvalue weighted by Crippen LogP contribution is 2.44. The van der Waals surface area contributed by atoms with Crippen LogP contribution in [0.3, 0.4) is 0 Å². The lowest BCUT2D eigenvalue weighted by Gasteiger charge is -2.19. The van der Waals surface area contributed by atoms with Crippen LogP contribution in [0.2, 0.25) is 0 Å². The average Bonchev–Trinajstić information content (AvgIpc) is 3.82. The number of para-hydroxylation sites is 6. The van der Waals surface area contributed by atoms with Crippen LogP contribution in [0.15, 0.2) is 212 Å². The summed E-state index contributed by atoms with van der Waals surface area (Å²) in [6.07, 6.45) is 0. The fourth-order valence-corrected chi connectivity index (χ4v) is 10.4. The molecule has 14 aromatic rings. The Labute approximate surface area is 393 Å². The molecule has 0 N–H and O–H groups in total. The van der Waals surface area contributed by atoms with Gasteiger partial charge in [0.25, 0.3) is 0 Å². The van der Waals surface area contributed by atoms with E-state index in [1.54, 1.807) is 11.3 Å². The van der Waals surface area contributed by atoms with Crippen LogP contribution in [-0.2, 0) is 0 Å². The minimum Gasteiger partial charge on any atom is -0.308 e. The molecule has 0 atom stereocenters. The van der Waals surface area contributed by atoms with Gasteiger partial charge in [0.15, 0.2) is 5.82 Å². The van der Waals surface area contributed by atoms with E-state index in [0.29, 0.717) is 16.8 Å². The third-order valence-corrected chi connectivity index (χ3v) is 13.1. The molecule has 0 aliphatic heterocycles. The normalized spacial score (nSPS) is 15.6. The molecule has 0 fully saturated rings. The van der Waals surface area contributed by atoms with Gasteiger partial charge in [0, 0.05) is 58.6 Å². The molecule has 0 aliphatic carbocycles. The lowest BCUT2D eigenvalue weighted by atomic mass is 9.95.